The van der Waals surface area contributed by atoms with Crippen LogP contribution in [0.5, 0.6) is 0 Å². The first kappa shape index (κ1) is 13.4. The highest BCUT2D eigenvalue weighted by molar-refractivity contribution is 9.09. The van der Waals surface area contributed by atoms with Crippen molar-refractivity contribution in [2.75, 3.05) is 5.33 Å². The Morgan fingerprint density at radius 1 is 1.00 bits per heavy atom. The molecule has 0 saturated heterocycles. The molecule has 0 saturated carbocycles. The number of rotatable bonds is 2. The van der Waals surface area contributed by atoms with Gasteiger partial charge >= 0.3 is 7.25 Å². The summed E-state index contributed by atoms with van der Waals surface area (Å²) < 4.78 is 41.1. The number of alkyl halides is 1. The number of nitrogens with zero attached hydrogens (tertiary/aromatic N) is 1. The first-order valence-electron chi connectivity index (χ1n) is 3.81. The summed E-state index contributed by atoms with van der Waals surface area (Å²) >= 11 is 3.37. The molecule has 0 amide bonds. The zero-order valence-corrected chi connectivity index (χ0v) is 8.80. The van der Waals surface area contributed by atoms with Crippen LogP contribution in [0.25, 0.3) is 0 Å². The van der Waals surface area contributed by atoms with E-state index in [1.54, 1.807) is 0 Å². The van der Waals surface area contributed by atoms with Gasteiger partial charge in [0.25, 0.3) is 0 Å². The minimum atomic E-state index is -6.00. The van der Waals surface area contributed by atoms with Crippen molar-refractivity contribution in [1.82, 2.24) is 0 Å². The van der Waals surface area contributed by atoms with Crippen LogP contribution >= 0.6 is 15.9 Å². The fourth-order valence-electron chi connectivity index (χ4n) is 0.681. The van der Waals surface area contributed by atoms with E-state index in [4.69, 9.17) is 0 Å². The van der Waals surface area contributed by atoms with Gasteiger partial charge in [-0.1, -0.05) is 22.0 Å². The zero-order chi connectivity index (χ0) is 11.0. The average Bonchev–Trinajstić information content (AvgIpc) is 2.03. The van der Waals surface area contributed by atoms with Crippen molar-refractivity contribution < 1.29 is 21.8 Å². The van der Waals surface area contributed by atoms with Crippen LogP contribution in [0.3, 0.4) is 0 Å². The number of hydrogen-bond acceptors (Lipinski definition) is 0. The first-order chi connectivity index (χ1) is 6.43. The zero-order valence-electron chi connectivity index (χ0n) is 7.22. The van der Waals surface area contributed by atoms with Gasteiger partial charge in [-0.05, 0) is 0 Å². The SMILES string of the molecule is BrCC[n+]1ccccc1.F[B-](F)(F)F. The number of hydrogen-bond donors (Lipinski definition) is 0. The van der Waals surface area contributed by atoms with E-state index < -0.39 is 7.25 Å². The molecule has 0 aliphatic rings. The third-order valence-corrected chi connectivity index (χ3v) is 1.47. The van der Waals surface area contributed by atoms with Crippen molar-refractivity contribution in [1.29, 1.82) is 0 Å². The van der Waals surface area contributed by atoms with E-state index in [1.165, 1.54) is 0 Å². The third kappa shape index (κ3) is 11.4. The van der Waals surface area contributed by atoms with Gasteiger partial charge in [-0.2, -0.15) is 0 Å². The van der Waals surface area contributed by atoms with Gasteiger partial charge in [0.05, 0.1) is 5.33 Å². The summed E-state index contributed by atoms with van der Waals surface area (Å²) in [6.07, 6.45) is 4.11. The van der Waals surface area contributed by atoms with Crippen LogP contribution in [0.15, 0.2) is 30.6 Å². The molecular formula is C7H9BBrF4N. The maximum Gasteiger partial charge on any atom is 0.673 e. The van der Waals surface area contributed by atoms with Crippen LogP contribution in [0.1, 0.15) is 0 Å². The second kappa shape index (κ2) is 6.81. The van der Waals surface area contributed by atoms with Gasteiger partial charge in [0.2, 0.25) is 0 Å². The molecule has 0 atom stereocenters. The van der Waals surface area contributed by atoms with Crippen molar-refractivity contribution in [2.24, 2.45) is 0 Å². The van der Waals surface area contributed by atoms with Crippen molar-refractivity contribution >= 4 is 23.2 Å². The Morgan fingerprint density at radius 3 is 1.79 bits per heavy atom. The lowest BCUT2D eigenvalue weighted by Gasteiger charge is -1.94. The van der Waals surface area contributed by atoms with E-state index in [2.05, 4.69) is 32.9 Å². The summed E-state index contributed by atoms with van der Waals surface area (Å²) in [6, 6.07) is 6.08. The minimum absolute atomic E-state index is 1.02. The van der Waals surface area contributed by atoms with Gasteiger partial charge in [0, 0.05) is 12.1 Å². The molecule has 1 nitrogen and oxygen atoms in total. The normalized spacial score (nSPS) is 10.4. The second-order valence-corrected chi connectivity index (χ2v) is 3.09. The molecule has 1 heterocycles. The van der Waals surface area contributed by atoms with E-state index in [0.717, 1.165) is 11.9 Å². The smallest absolute Gasteiger partial charge is 0.418 e. The molecule has 0 spiro atoms. The van der Waals surface area contributed by atoms with Crippen molar-refractivity contribution in [3.8, 4) is 0 Å². The Bertz CT molecular complexity index is 235. The Labute approximate surface area is 88.0 Å². The predicted molar refractivity (Wildman–Crippen MR) is 50.6 cm³/mol. The van der Waals surface area contributed by atoms with E-state index in [0.29, 0.717) is 0 Å². The Morgan fingerprint density at radius 2 is 1.43 bits per heavy atom. The van der Waals surface area contributed by atoms with Crippen LogP contribution in [-0.4, -0.2) is 12.6 Å². The molecule has 14 heavy (non-hydrogen) atoms. The monoisotopic (exact) mass is 273 g/mol. The maximum atomic E-state index is 9.75. The summed E-state index contributed by atoms with van der Waals surface area (Å²) in [4.78, 5) is 0. The molecule has 0 aliphatic heterocycles. The summed E-state index contributed by atoms with van der Waals surface area (Å²) in [7, 11) is -6.00. The molecular weight excluding hydrogens is 265 g/mol. The molecule has 0 aliphatic carbocycles. The van der Waals surface area contributed by atoms with Gasteiger partial charge in [-0.25, -0.2) is 4.57 Å². The lowest BCUT2D eigenvalue weighted by Crippen LogP contribution is -2.32. The predicted octanol–water partition coefficient (Wildman–Crippen LogP) is 2.67. The molecule has 80 valence electrons. The van der Waals surface area contributed by atoms with Crippen molar-refractivity contribution in [2.45, 2.75) is 6.54 Å². The standard InChI is InChI=1S/C7H9BrN.BF4/c8-4-7-9-5-2-1-3-6-9;2-1(3,4)5/h1-3,5-6H,4,7H2;/q+1;-1. The quantitative estimate of drug-likeness (QED) is 0.338. The highest BCUT2D eigenvalue weighted by Crippen LogP contribution is 2.06. The van der Waals surface area contributed by atoms with Crippen molar-refractivity contribution in [3.05, 3.63) is 30.6 Å². The van der Waals surface area contributed by atoms with E-state index in [1.807, 2.05) is 18.2 Å². The van der Waals surface area contributed by atoms with Gasteiger partial charge in [0.15, 0.2) is 18.9 Å². The summed E-state index contributed by atoms with van der Waals surface area (Å²) in [5, 5.41) is 1.02. The largest absolute Gasteiger partial charge is 0.673 e. The summed E-state index contributed by atoms with van der Waals surface area (Å²) in [5.74, 6) is 0. The molecule has 0 radical (unpaired) electrons. The fourth-order valence-corrected chi connectivity index (χ4v) is 1.09. The van der Waals surface area contributed by atoms with Gasteiger partial charge in [-0.15, -0.1) is 0 Å². The average molecular weight is 274 g/mol. The molecule has 0 fully saturated rings. The summed E-state index contributed by atoms with van der Waals surface area (Å²) in [5.41, 5.74) is 0. The topological polar surface area (TPSA) is 3.88 Å². The minimum Gasteiger partial charge on any atom is -0.418 e. The molecule has 0 aromatic carbocycles. The number of aryl methyl sites for hydroxylation is 1. The van der Waals surface area contributed by atoms with E-state index in [-0.39, 0.29) is 0 Å². The molecule has 0 N–H and O–H groups in total. The van der Waals surface area contributed by atoms with Crippen LogP contribution in [-0.2, 0) is 6.54 Å². The summed E-state index contributed by atoms with van der Waals surface area (Å²) in [6.45, 7) is 1.04. The highest BCUT2D eigenvalue weighted by atomic mass is 79.9. The molecule has 1 aromatic rings. The second-order valence-electron chi connectivity index (χ2n) is 2.30. The Kier molecular flexibility index (Phi) is 6.52. The van der Waals surface area contributed by atoms with Crippen LogP contribution in [0, 0.1) is 0 Å². The van der Waals surface area contributed by atoms with Crippen molar-refractivity contribution in [3.63, 3.8) is 0 Å². The number of aromatic nitrogens is 1. The molecule has 0 unspecified atom stereocenters. The number of pyridine rings is 1. The maximum absolute atomic E-state index is 9.75. The Balaban J connectivity index is 0.000000292. The van der Waals surface area contributed by atoms with Gasteiger partial charge in [0.1, 0.15) is 0 Å². The van der Waals surface area contributed by atoms with E-state index >= 15 is 0 Å². The first-order valence-corrected chi connectivity index (χ1v) is 4.93. The fraction of sp³-hybridized carbons (Fsp3) is 0.286. The van der Waals surface area contributed by atoms with E-state index in [9.17, 15) is 17.3 Å². The molecule has 1 aromatic heterocycles. The number of halogens is 5. The lowest BCUT2D eigenvalue weighted by atomic mass is 10.3. The molecule has 7 heteroatoms. The van der Waals surface area contributed by atoms with Crippen LogP contribution in [0.2, 0.25) is 0 Å². The van der Waals surface area contributed by atoms with Crippen LogP contribution < -0.4 is 4.57 Å². The lowest BCUT2D eigenvalue weighted by molar-refractivity contribution is -0.692. The molecule has 1 rings (SSSR count). The highest BCUT2D eigenvalue weighted by Gasteiger charge is 2.20. The Hall–Kier alpha value is -0.585. The van der Waals surface area contributed by atoms with Gasteiger partial charge in [-0.3, -0.25) is 0 Å². The third-order valence-electron chi connectivity index (χ3n) is 1.12. The van der Waals surface area contributed by atoms with Crippen LogP contribution in [0.4, 0.5) is 17.3 Å². The molecule has 0 bridgehead atoms. The van der Waals surface area contributed by atoms with Gasteiger partial charge < -0.3 is 17.3 Å².